The van der Waals surface area contributed by atoms with E-state index < -0.39 is 29.2 Å². The molecule has 198 valence electrons. The molecule has 40 heavy (non-hydrogen) atoms. The number of carbonyl (C=O) groups is 3. The molecule has 1 fully saturated rings. The molecule has 0 aliphatic carbocycles. The Balaban J connectivity index is 1.52. The number of benzene rings is 3. The van der Waals surface area contributed by atoms with Crippen LogP contribution in [0.3, 0.4) is 0 Å². The number of ketones is 2. The number of nitrogens with one attached hydrogen (secondary N) is 1. The molecule has 8 heteroatoms. The van der Waals surface area contributed by atoms with Crippen LogP contribution in [0.15, 0.2) is 100 Å². The monoisotopic (exact) mass is 594 g/mol. The van der Waals surface area contributed by atoms with Gasteiger partial charge in [0.25, 0.3) is 0 Å². The maximum atomic E-state index is 14.6. The van der Waals surface area contributed by atoms with E-state index in [1.165, 1.54) is 6.26 Å². The first-order chi connectivity index (χ1) is 19.5. The highest BCUT2D eigenvalue weighted by Gasteiger charge is 2.71. The van der Waals surface area contributed by atoms with Gasteiger partial charge in [-0.05, 0) is 75.1 Å². The van der Waals surface area contributed by atoms with Gasteiger partial charge in [-0.1, -0.05) is 42.5 Å². The minimum Gasteiger partial charge on any atom is -0.496 e. The number of ether oxygens (including phenoxy) is 1. The zero-order chi connectivity index (χ0) is 27.6. The third-order valence-electron chi connectivity index (χ3n) is 8.32. The summed E-state index contributed by atoms with van der Waals surface area (Å²) in [5, 5.41) is 3.04. The van der Waals surface area contributed by atoms with E-state index in [2.05, 4.69) is 21.2 Å². The van der Waals surface area contributed by atoms with Crippen LogP contribution >= 0.6 is 15.9 Å². The van der Waals surface area contributed by atoms with Crippen molar-refractivity contribution in [3.05, 3.63) is 124 Å². The number of para-hydroxylation sites is 1. The highest BCUT2D eigenvalue weighted by atomic mass is 79.9. The summed E-state index contributed by atoms with van der Waals surface area (Å²) in [6, 6.07) is 21.9. The van der Waals surface area contributed by atoms with Crippen LogP contribution in [0, 0.1) is 5.92 Å². The summed E-state index contributed by atoms with van der Waals surface area (Å²) < 4.78 is 11.6. The van der Waals surface area contributed by atoms with E-state index in [0.29, 0.717) is 27.0 Å². The highest BCUT2D eigenvalue weighted by Crippen LogP contribution is 2.62. The van der Waals surface area contributed by atoms with Crippen LogP contribution < -0.4 is 10.1 Å². The van der Waals surface area contributed by atoms with Crippen molar-refractivity contribution in [1.82, 2.24) is 4.90 Å². The number of amides is 1. The third kappa shape index (κ3) is 3.26. The number of rotatable bonds is 5. The maximum Gasteiger partial charge on any atom is 0.238 e. The largest absolute Gasteiger partial charge is 0.496 e. The van der Waals surface area contributed by atoms with Gasteiger partial charge in [0.1, 0.15) is 17.2 Å². The van der Waals surface area contributed by atoms with Gasteiger partial charge < -0.3 is 19.4 Å². The van der Waals surface area contributed by atoms with Crippen molar-refractivity contribution in [3.8, 4) is 5.75 Å². The van der Waals surface area contributed by atoms with Crippen LogP contribution in [0.4, 0.5) is 5.69 Å². The van der Waals surface area contributed by atoms with Gasteiger partial charge in [-0.3, -0.25) is 14.4 Å². The number of nitrogens with zero attached hydrogens (tertiary/aromatic N) is 1. The summed E-state index contributed by atoms with van der Waals surface area (Å²) in [6.07, 6.45) is 5.21. The molecule has 0 unspecified atom stereocenters. The average molecular weight is 595 g/mol. The molecule has 3 aliphatic heterocycles. The molecule has 7 rings (SSSR count). The van der Waals surface area contributed by atoms with Crippen molar-refractivity contribution >= 4 is 45.2 Å². The fourth-order valence-corrected chi connectivity index (χ4v) is 7.27. The summed E-state index contributed by atoms with van der Waals surface area (Å²) in [5.41, 5.74) is 2.13. The molecule has 0 radical (unpaired) electrons. The zero-order valence-corrected chi connectivity index (χ0v) is 22.9. The van der Waals surface area contributed by atoms with Crippen LogP contribution in [0.25, 0.3) is 6.08 Å². The molecule has 1 spiro atoms. The molecule has 3 aliphatic rings. The first-order valence-electron chi connectivity index (χ1n) is 12.9. The Bertz CT molecular complexity index is 1730. The highest BCUT2D eigenvalue weighted by molar-refractivity contribution is 9.10. The number of hydrogen-bond acceptors (Lipinski definition) is 6. The summed E-state index contributed by atoms with van der Waals surface area (Å²) in [4.78, 5) is 45.3. The molecule has 4 heterocycles. The summed E-state index contributed by atoms with van der Waals surface area (Å²) in [7, 11) is 1.55. The molecular formula is C32H23BrN2O5. The number of anilines is 1. The number of furan rings is 1. The number of hydrogen-bond donors (Lipinski definition) is 1. The van der Waals surface area contributed by atoms with Crippen molar-refractivity contribution in [3.63, 3.8) is 0 Å². The maximum absolute atomic E-state index is 14.6. The minimum atomic E-state index is -1.40. The summed E-state index contributed by atoms with van der Waals surface area (Å²) in [5.74, 6) is -1.40. The Morgan fingerprint density at radius 3 is 2.58 bits per heavy atom. The standard InChI is InChI=1S/C32H23BrN2O5/c1-39-24-13-12-19(17-22(24)33)28(36)27-26(29(37)25-11-6-16-40-25)32(21-9-4-5-10-23(21)34-31(32)38)30-20-8-3-2-7-18(20)14-15-35(27)30/h2-17,26-27,30H,1H3,(H,34,38)/t26-,27+,30-,32-/m0/s1. The van der Waals surface area contributed by atoms with Gasteiger partial charge in [-0.15, -0.1) is 0 Å². The van der Waals surface area contributed by atoms with Crippen molar-refractivity contribution in [2.75, 3.05) is 12.4 Å². The molecule has 7 nitrogen and oxygen atoms in total. The SMILES string of the molecule is COc1ccc(C(=O)[C@H]2[C@@H](C(=O)c3ccco3)[C@]3(C(=O)Nc4ccccc43)[C@@H]3c4ccccc4C=CN32)cc1Br. The lowest BCUT2D eigenvalue weighted by Crippen LogP contribution is -2.49. The van der Waals surface area contributed by atoms with E-state index in [1.807, 2.05) is 65.7 Å². The second-order valence-corrected chi connectivity index (χ2v) is 11.0. The lowest BCUT2D eigenvalue weighted by Gasteiger charge is -2.38. The number of carbonyl (C=O) groups excluding carboxylic acids is 3. The van der Waals surface area contributed by atoms with Gasteiger partial charge in [-0.25, -0.2) is 0 Å². The van der Waals surface area contributed by atoms with E-state index in [1.54, 1.807) is 37.4 Å². The predicted molar refractivity (Wildman–Crippen MR) is 152 cm³/mol. The predicted octanol–water partition coefficient (Wildman–Crippen LogP) is 6.03. The molecule has 0 bridgehead atoms. The minimum absolute atomic E-state index is 0.104. The van der Waals surface area contributed by atoms with Crippen LogP contribution in [-0.4, -0.2) is 35.5 Å². The van der Waals surface area contributed by atoms with Crippen LogP contribution in [-0.2, 0) is 10.2 Å². The van der Waals surface area contributed by atoms with E-state index in [0.717, 1.165) is 11.1 Å². The van der Waals surface area contributed by atoms with Crippen molar-refractivity contribution in [2.24, 2.45) is 5.92 Å². The Morgan fingerprint density at radius 1 is 1.00 bits per heavy atom. The first-order valence-corrected chi connectivity index (χ1v) is 13.7. The Labute approximate surface area is 238 Å². The number of halogens is 1. The second kappa shape index (κ2) is 9.06. The molecule has 1 saturated heterocycles. The first kappa shape index (κ1) is 24.6. The van der Waals surface area contributed by atoms with E-state index in [-0.39, 0.29) is 17.5 Å². The van der Waals surface area contributed by atoms with E-state index >= 15 is 0 Å². The summed E-state index contributed by atoms with van der Waals surface area (Å²) >= 11 is 3.49. The molecule has 4 atom stereocenters. The van der Waals surface area contributed by atoms with Gasteiger partial charge in [0.15, 0.2) is 11.5 Å². The van der Waals surface area contributed by atoms with Gasteiger partial charge in [0.2, 0.25) is 11.7 Å². The lowest BCUT2D eigenvalue weighted by atomic mass is 9.63. The Hall–Kier alpha value is -4.43. The van der Waals surface area contributed by atoms with Crippen LogP contribution in [0.5, 0.6) is 5.75 Å². The van der Waals surface area contributed by atoms with E-state index in [9.17, 15) is 14.4 Å². The second-order valence-electron chi connectivity index (χ2n) is 10.1. The normalized spacial score (nSPS) is 23.9. The van der Waals surface area contributed by atoms with Crippen molar-refractivity contribution in [1.29, 1.82) is 0 Å². The van der Waals surface area contributed by atoms with Gasteiger partial charge >= 0.3 is 0 Å². The fourth-order valence-electron chi connectivity index (χ4n) is 6.73. The Kier molecular flexibility index (Phi) is 5.57. The quantitative estimate of drug-likeness (QED) is 0.284. The summed E-state index contributed by atoms with van der Waals surface area (Å²) in [6.45, 7) is 0. The molecule has 1 aromatic heterocycles. The molecular weight excluding hydrogens is 572 g/mol. The van der Waals surface area contributed by atoms with Crippen LogP contribution in [0.1, 0.15) is 43.6 Å². The van der Waals surface area contributed by atoms with Gasteiger partial charge in [0.05, 0.1) is 29.8 Å². The van der Waals surface area contributed by atoms with Crippen molar-refractivity contribution < 1.29 is 23.5 Å². The molecule has 1 N–H and O–H groups in total. The fraction of sp³-hybridized carbons (Fsp3) is 0.156. The molecule has 4 aromatic rings. The molecule has 3 aromatic carbocycles. The van der Waals surface area contributed by atoms with Crippen LogP contribution in [0.2, 0.25) is 0 Å². The molecule has 1 amide bonds. The lowest BCUT2D eigenvalue weighted by molar-refractivity contribution is -0.122. The third-order valence-corrected chi connectivity index (χ3v) is 8.94. The number of fused-ring (bicyclic) bond motifs is 6. The smallest absolute Gasteiger partial charge is 0.238 e. The molecule has 0 saturated carbocycles. The number of Topliss-reactive ketones (excluding diaryl/α,β-unsaturated/α-hetero) is 2. The van der Waals surface area contributed by atoms with Gasteiger partial charge in [-0.2, -0.15) is 0 Å². The topological polar surface area (TPSA) is 88.9 Å². The van der Waals surface area contributed by atoms with Gasteiger partial charge in [0, 0.05) is 17.5 Å². The van der Waals surface area contributed by atoms with Crippen molar-refractivity contribution in [2.45, 2.75) is 17.5 Å². The Morgan fingerprint density at radius 2 is 1.80 bits per heavy atom. The average Bonchev–Trinajstić information content (AvgIpc) is 3.69. The zero-order valence-electron chi connectivity index (χ0n) is 21.3. The van der Waals surface area contributed by atoms with E-state index in [4.69, 9.17) is 9.15 Å². The number of methoxy groups -OCH3 is 1.